The highest BCUT2D eigenvalue weighted by molar-refractivity contribution is 9.09. The van der Waals surface area contributed by atoms with Gasteiger partial charge in [0.2, 0.25) is 0 Å². The quantitative estimate of drug-likeness (QED) is 0.627. The van der Waals surface area contributed by atoms with Gasteiger partial charge in [0, 0.05) is 18.2 Å². The first-order chi connectivity index (χ1) is 5.74. The van der Waals surface area contributed by atoms with Crippen LogP contribution in [0.3, 0.4) is 0 Å². The number of nitrogens with one attached hydrogen (secondary N) is 1. The van der Waals surface area contributed by atoms with Gasteiger partial charge < -0.3 is 5.32 Å². The van der Waals surface area contributed by atoms with Crippen molar-refractivity contribution < 1.29 is 8.78 Å². The lowest BCUT2D eigenvalue weighted by Crippen LogP contribution is -2.11. The third-order valence-electron chi connectivity index (χ3n) is 1.43. The van der Waals surface area contributed by atoms with E-state index in [4.69, 9.17) is 0 Å². The van der Waals surface area contributed by atoms with Crippen LogP contribution in [0.4, 0.5) is 8.78 Å². The molecule has 1 nitrogen and oxygen atoms in total. The van der Waals surface area contributed by atoms with Gasteiger partial charge in [-0.2, -0.15) is 0 Å². The summed E-state index contributed by atoms with van der Waals surface area (Å²) < 4.78 is 25.3. The summed E-state index contributed by atoms with van der Waals surface area (Å²) in [6.07, 6.45) is 0. The summed E-state index contributed by atoms with van der Waals surface area (Å²) in [7, 11) is 0. The summed E-state index contributed by atoms with van der Waals surface area (Å²) in [6, 6.07) is 3.56. The predicted molar refractivity (Wildman–Crippen MR) is 47.0 cm³/mol. The van der Waals surface area contributed by atoms with E-state index in [1.54, 1.807) is 0 Å². The Morgan fingerprint density at radius 1 is 1.33 bits per heavy atom. The number of halogens is 3. The number of alkyl halides is 1. The molecule has 1 rings (SSSR count). The molecule has 4 heteroatoms. The molecule has 0 aromatic heterocycles. The van der Waals surface area contributed by atoms with E-state index >= 15 is 0 Å². The Kier molecular flexibility index (Phi) is 3.62. The summed E-state index contributed by atoms with van der Waals surface area (Å²) in [5.74, 6) is -1.06. The summed E-state index contributed by atoms with van der Waals surface area (Å²) in [5.41, 5.74) is 1.06. The van der Waals surface area contributed by atoms with E-state index in [2.05, 4.69) is 21.2 Å². The molecule has 0 saturated heterocycles. The Morgan fingerprint density at radius 2 is 2.08 bits per heavy atom. The molecule has 0 aliphatic rings. The highest BCUT2D eigenvalue weighted by atomic mass is 79.9. The molecule has 0 atom stereocenters. The Labute approximate surface area is 77.9 Å². The zero-order valence-corrected chi connectivity index (χ0v) is 7.87. The average Bonchev–Trinajstić information content (AvgIpc) is 2.03. The van der Waals surface area contributed by atoms with Crippen LogP contribution >= 0.6 is 15.9 Å². The van der Waals surface area contributed by atoms with Crippen molar-refractivity contribution in [1.82, 2.24) is 5.32 Å². The van der Waals surface area contributed by atoms with E-state index in [9.17, 15) is 8.78 Å². The lowest BCUT2D eigenvalue weighted by Gasteiger charge is -2.02. The Bertz CT molecular complexity index is 265. The molecule has 0 spiro atoms. The Balaban J connectivity index is 2.72. The van der Waals surface area contributed by atoms with Crippen molar-refractivity contribution >= 4 is 15.9 Å². The van der Waals surface area contributed by atoms with Gasteiger partial charge in [0.15, 0.2) is 0 Å². The second kappa shape index (κ2) is 4.52. The molecule has 0 amide bonds. The second-order valence-electron chi connectivity index (χ2n) is 2.30. The molecule has 0 bridgehead atoms. The zero-order valence-electron chi connectivity index (χ0n) is 6.28. The summed E-state index contributed by atoms with van der Waals surface area (Å²) in [4.78, 5) is 0. The number of benzene rings is 1. The second-order valence-corrected chi connectivity index (χ2v) is 2.86. The van der Waals surface area contributed by atoms with Crippen LogP contribution in [0, 0.1) is 11.6 Å². The number of rotatable bonds is 3. The van der Waals surface area contributed by atoms with Gasteiger partial charge in [-0.3, -0.25) is 0 Å². The van der Waals surface area contributed by atoms with E-state index in [0.29, 0.717) is 17.6 Å². The van der Waals surface area contributed by atoms with Crippen LogP contribution in [-0.4, -0.2) is 5.45 Å². The molecule has 0 aliphatic heterocycles. The summed E-state index contributed by atoms with van der Waals surface area (Å²) in [6.45, 7) is 0.400. The number of hydrogen-bond donors (Lipinski definition) is 1. The third-order valence-corrected chi connectivity index (χ3v) is 1.82. The molecule has 0 radical (unpaired) electrons. The first-order valence-electron chi connectivity index (χ1n) is 3.44. The van der Waals surface area contributed by atoms with Crippen LogP contribution < -0.4 is 5.32 Å². The largest absolute Gasteiger partial charge is 0.303 e. The fraction of sp³-hybridized carbons (Fsp3) is 0.250. The molecule has 0 unspecified atom stereocenters. The van der Waals surface area contributed by atoms with Gasteiger partial charge in [-0.25, -0.2) is 8.78 Å². The van der Waals surface area contributed by atoms with Crippen molar-refractivity contribution in [3.8, 4) is 0 Å². The van der Waals surface area contributed by atoms with E-state index in [0.717, 1.165) is 6.07 Å². The molecule has 12 heavy (non-hydrogen) atoms. The standard InChI is InChI=1S/C8H8BrF2N/c9-5-12-4-6-1-2-7(10)3-8(6)11/h1-3,12H,4-5H2. The van der Waals surface area contributed by atoms with Gasteiger partial charge in [-0.05, 0) is 6.07 Å². The summed E-state index contributed by atoms with van der Waals surface area (Å²) in [5, 5.41) is 2.88. The first kappa shape index (κ1) is 9.61. The van der Waals surface area contributed by atoms with Crippen molar-refractivity contribution in [3.05, 3.63) is 35.4 Å². The topological polar surface area (TPSA) is 12.0 Å². The molecular weight excluding hydrogens is 228 g/mol. The van der Waals surface area contributed by atoms with E-state index in [-0.39, 0.29) is 0 Å². The van der Waals surface area contributed by atoms with E-state index < -0.39 is 11.6 Å². The van der Waals surface area contributed by atoms with Gasteiger partial charge in [0.05, 0.1) is 5.45 Å². The van der Waals surface area contributed by atoms with E-state index in [1.165, 1.54) is 12.1 Å². The molecule has 0 fully saturated rings. The highest BCUT2D eigenvalue weighted by Gasteiger charge is 2.01. The normalized spacial score (nSPS) is 10.2. The fourth-order valence-electron chi connectivity index (χ4n) is 0.847. The van der Waals surface area contributed by atoms with Crippen molar-refractivity contribution in [1.29, 1.82) is 0 Å². The minimum Gasteiger partial charge on any atom is -0.303 e. The first-order valence-corrected chi connectivity index (χ1v) is 4.57. The van der Waals surface area contributed by atoms with Crippen molar-refractivity contribution in [2.45, 2.75) is 6.54 Å². The Hall–Kier alpha value is -0.480. The molecule has 0 aliphatic carbocycles. The van der Waals surface area contributed by atoms with Crippen LogP contribution in [0.1, 0.15) is 5.56 Å². The van der Waals surface area contributed by atoms with Gasteiger partial charge in [0.25, 0.3) is 0 Å². The maximum absolute atomic E-state index is 12.9. The smallest absolute Gasteiger partial charge is 0.130 e. The summed E-state index contributed by atoms with van der Waals surface area (Å²) >= 11 is 3.14. The molecule has 0 saturated carbocycles. The van der Waals surface area contributed by atoms with Gasteiger partial charge in [0.1, 0.15) is 11.6 Å². The predicted octanol–water partition coefficient (Wildman–Crippen LogP) is 2.41. The lowest BCUT2D eigenvalue weighted by atomic mass is 10.2. The SMILES string of the molecule is Fc1ccc(CNCBr)c(F)c1. The third kappa shape index (κ3) is 2.53. The maximum atomic E-state index is 12.9. The van der Waals surface area contributed by atoms with Crippen LogP contribution in [0.25, 0.3) is 0 Å². The molecule has 1 aromatic carbocycles. The maximum Gasteiger partial charge on any atom is 0.130 e. The number of hydrogen-bond acceptors (Lipinski definition) is 1. The Morgan fingerprint density at radius 3 is 2.67 bits per heavy atom. The van der Waals surface area contributed by atoms with Crippen LogP contribution in [0.5, 0.6) is 0 Å². The van der Waals surface area contributed by atoms with Crippen molar-refractivity contribution in [2.24, 2.45) is 0 Å². The fourth-order valence-corrected chi connectivity index (χ4v) is 1.05. The van der Waals surface area contributed by atoms with Crippen LogP contribution in [0.2, 0.25) is 0 Å². The van der Waals surface area contributed by atoms with Crippen molar-refractivity contribution in [3.63, 3.8) is 0 Å². The molecular formula is C8H8BrF2N. The monoisotopic (exact) mass is 235 g/mol. The minimum absolute atomic E-state index is 0.400. The van der Waals surface area contributed by atoms with Crippen LogP contribution in [0.15, 0.2) is 18.2 Å². The van der Waals surface area contributed by atoms with Crippen LogP contribution in [-0.2, 0) is 6.54 Å². The highest BCUT2D eigenvalue weighted by Crippen LogP contribution is 2.08. The molecule has 66 valence electrons. The molecule has 0 heterocycles. The lowest BCUT2D eigenvalue weighted by molar-refractivity contribution is 0.566. The molecule has 1 N–H and O–H groups in total. The van der Waals surface area contributed by atoms with E-state index in [1.807, 2.05) is 0 Å². The zero-order chi connectivity index (χ0) is 8.97. The van der Waals surface area contributed by atoms with Gasteiger partial charge in [-0.15, -0.1) is 0 Å². The van der Waals surface area contributed by atoms with Gasteiger partial charge in [-0.1, -0.05) is 22.0 Å². The van der Waals surface area contributed by atoms with Gasteiger partial charge >= 0.3 is 0 Å². The minimum atomic E-state index is -0.546. The van der Waals surface area contributed by atoms with Crippen molar-refractivity contribution in [2.75, 3.05) is 5.45 Å². The molecule has 1 aromatic rings. The average molecular weight is 236 g/mol.